The Kier molecular flexibility index (Phi) is 2.95. The zero-order valence-corrected chi connectivity index (χ0v) is 10.8. The number of aromatic nitrogens is 2. The highest BCUT2D eigenvalue weighted by atomic mass is 79.9. The summed E-state index contributed by atoms with van der Waals surface area (Å²) in [6.07, 6.45) is 2.94. The minimum Gasteiger partial charge on any atom is -0.383 e. The summed E-state index contributed by atoms with van der Waals surface area (Å²) in [6.45, 7) is 2.02. The molecule has 0 saturated carbocycles. The predicted molar refractivity (Wildman–Crippen MR) is 64.0 cm³/mol. The number of nitrogens with zero attached hydrogens (tertiary/aromatic N) is 2. The van der Waals surface area contributed by atoms with Crippen molar-refractivity contribution in [1.82, 2.24) is 9.78 Å². The van der Waals surface area contributed by atoms with E-state index in [1.165, 1.54) is 4.88 Å². The SMILES string of the molecule is Cc1sc(C(O)c2cnn(C)c2)cc1Br. The van der Waals surface area contributed by atoms with Gasteiger partial charge in [0.05, 0.1) is 6.20 Å². The van der Waals surface area contributed by atoms with Crippen molar-refractivity contribution in [2.45, 2.75) is 13.0 Å². The molecule has 2 rings (SSSR count). The fourth-order valence-electron chi connectivity index (χ4n) is 1.36. The average Bonchev–Trinajstić information content (AvgIpc) is 2.74. The maximum Gasteiger partial charge on any atom is 0.116 e. The molecule has 0 radical (unpaired) electrons. The van der Waals surface area contributed by atoms with Gasteiger partial charge < -0.3 is 5.11 Å². The van der Waals surface area contributed by atoms with Crippen LogP contribution in [0.15, 0.2) is 22.9 Å². The summed E-state index contributed by atoms with van der Waals surface area (Å²) in [5, 5.41) is 14.1. The number of hydrogen-bond acceptors (Lipinski definition) is 3. The Morgan fingerprint density at radius 1 is 1.60 bits per heavy atom. The van der Waals surface area contributed by atoms with Crippen LogP contribution in [0.2, 0.25) is 0 Å². The Bertz CT molecular complexity index is 458. The van der Waals surface area contributed by atoms with Gasteiger partial charge in [-0.2, -0.15) is 5.10 Å². The summed E-state index contributed by atoms with van der Waals surface area (Å²) in [5.74, 6) is 0. The number of aliphatic hydroxyl groups is 1. The largest absolute Gasteiger partial charge is 0.383 e. The Balaban J connectivity index is 2.31. The average molecular weight is 287 g/mol. The summed E-state index contributed by atoms with van der Waals surface area (Å²) >= 11 is 5.03. The summed E-state index contributed by atoms with van der Waals surface area (Å²) in [6, 6.07) is 1.96. The Morgan fingerprint density at radius 2 is 2.33 bits per heavy atom. The normalized spacial score (nSPS) is 13.1. The molecule has 0 saturated heterocycles. The van der Waals surface area contributed by atoms with Gasteiger partial charge >= 0.3 is 0 Å². The van der Waals surface area contributed by atoms with E-state index in [1.54, 1.807) is 22.2 Å². The maximum atomic E-state index is 10.1. The van der Waals surface area contributed by atoms with E-state index in [9.17, 15) is 5.11 Å². The van der Waals surface area contributed by atoms with Gasteiger partial charge in [0.25, 0.3) is 0 Å². The topological polar surface area (TPSA) is 38.1 Å². The molecule has 2 aromatic heterocycles. The van der Waals surface area contributed by atoms with Crippen LogP contribution in [0.3, 0.4) is 0 Å². The zero-order valence-electron chi connectivity index (χ0n) is 8.44. The van der Waals surface area contributed by atoms with E-state index >= 15 is 0 Å². The molecule has 0 aromatic carbocycles. The summed E-state index contributed by atoms with van der Waals surface area (Å²) in [7, 11) is 1.84. The quantitative estimate of drug-likeness (QED) is 0.922. The molecule has 0 amide bonds. The van der Waals surface area contributed by atoms with Crippen molar-refractivity contribution in [3.8, 4) is 0 Å². The van der Waals surface area contributed by atoms with Crippen molar-refractivity contribution in [2.75, 3.05) is 0 Å². The first-order valence-corrected chi connectivity index (χ1v) is 6.11. The van der Waals surface area contributed by atoms with Crippen molar-refractivity contribution < 1.29 is 5.11 Å². The van der Waals surface area contributed by atoms with E-state index in [0.717, 1.165) is 14.9 Å². The van der Waals surface area contributed by atoms with E-state index in [1.807, 2.05) is 26.2 Å². The van der Waals surface area contributed by atoms with Crippen molar-refractivity contribution in [1.29, 1.82) is 0 Å². The molecule has 5 heteroatoms. The third-order valence-corrected chi connectivity index (χ3v) is 4.38. The van der Waals surface area contributed by atoms with Crippen LogP contribution >= 0.6 is 27.3 Å². The predicted octanol–water partition coefficient (Wildman–Crippen LogP) is 2.63. The number of halogens is 1. The molecule has 1 N–H and O–H groups in total. The van der Waals surface area contributed by atoms with E-state index in [-0.39, 0.29) is 0 Å². The molecule has 80 valence electrons. The lowest BCUT2D eigenvalue weighted by molar-refractivity contribution is 0.224. The zero-order chi connectivity index (χ0) is 11.0. The molecular formula is C10H11BrN2OS. The molecule has 0 aliphatic rings. The summed E-state index contributed by atoms with van der Waals surface area (Å²) in [4.78, 5) is 2.11. The molecule has 1 unspecified atom stereocenters. The van der Waals surface area contributed by atoms with Gasteiger partial charge in [-0.05, 0) is 28.9 Å². The first-order valence-electron chi connectivity index (χ1n) is 4.50. The Labute approximate surface area is 100 Å². The van der Waals surface area contributed by atoms with E-state index in [0.29, 0.717) is 0 Å². The van der Waals surface area contributed by atoms with Gasteiger partial charge in [0.15, 0.2) is 0 Å². The van der Waals surface area contributed by atoms with Crippen molar-refractivity contribution in [3.05, 3.63) is 38.3 Å². The van der Waals surface area contributed by atoms with Gasteiger partial charge in [0.2, 0.25) is 0 Å². The lowest BCUT2D eigenvalue weighted by atomic mass is 10.2. The highest BCUT2D eigenvalue weighted by molar-refractivity contribution is 9.10. The molecule has 2 heterocycles. The van der Waals surface area contributed by atoms with Gasteiger partial charge in [-0.25, -0.2) is 0 Å². The number of thiophene rings is 1. The first kappa shape index (κ1) is 10.9. The number of aryl methyl sites for hydroxylation is 2. The van der Waals surface area contributed by atoms with Gasteiger partial charge in [0, 0.05) is 33.0 Å². The van der Waals surface area contributed by atoms with E-state index < -0.39 is 6.10 Å². The van der Waals surface area contributed by atoms with Crippen molar-refractivity contribution >= 4 is 27.3 Å². The maximum absolute atomic E-state index is 10.1. The highest BCUT2D eigenvalue weighted by Gasteiger charge is 2.15. The van der Waals surface area contributed by atoms with Crippen LogP contribution in [0, 0.1) is 6.92 Å². The number of rotatable bonds is 2. The number of aliphatic hydroxyl groups excluding tert-OH is 1. The molecule has 0 spiro atoms. The van der Waals surface area contributed by atoms with Crippen LogP contribution in [-0.4, -0.2) is 14.9 Å². The molecule has 3 nitrogen and oxygen atoms in total. The molecule has 2 aromatic rings. The van der Waals surface area contributed by atoms with Crippen LogP contribution < -0.4 is 0 Å². The molecule has 0 bridgehead atoms. The van der Waals surface area contributed by atoms with Crippen LogP contribution in [0.25, 0.3) is 0 Å². The Hall–Kier alpha value is -0.650. The third-order valence-electron chi connectivity index (χ3n) is 2.19. The molecule has 0 fully saturated rings. The smallest absolute Gasteiger partial charge is 0.116 e. The van der Waals surface area contributed by atoms with Crippen LogP contribution in [0.1, 0.15) is 21.4 Å². The van der Waals surface area contributed by atoms with Crippen LogP contribution in [-0.2, 0) is 7.05 Å². The fourth-order valence-corrected chi connectivity index (χ4v) is 2.94. The summed E-state index contributed by atoms with van der Waals surface area (Å²) in [5.41, 5.74) is 0.825. The molecular weight excluding hydrogens is 276 g/mol. The van der Waals surface area contributed by atoms with Gasteiger partial charge in [-0.1, -0.05) is 0 Å². The lowest BCUT2D eigenvalue weighted by Gasteiger charge is -2.04. The summed E-state index contributed by atoms with van der Waals surface area (Å²) < 4.78 is 2.74. The van der Waals surface area contributed by atoms with E-state index in [4.69, 9.17) is 0 Å². The second-order valence-corrected chi connectivity index (χ2v) is 5.55. The molecule has 1 atom stereocenters. The second-order valence-electron chi connectivity index (χ2n) is 3.40. The first-order chi connectivity index (χ1) is 7.08. The molecule has 0 aliphatic heterocycles. The minimum absolute atomic E-state index is 0.575. The lowest BCUT2D eigenvalue weighted by Crippen LogP contribution is -1.94. The van der Waals surface area contributed by atoms with Crippen LogP contribution in [0.5, 0.6) is 0 Å². The molecule has 0 aliphatic carbocycles. The molecule has 15 heavy (non-hydrogen) atoms. The third kappa shape index (κ3) is 2.14. The van der Waals surface area contributed by atoms with Crippen molar-refractivity contribution in [3.63, 3.8) is 0 Å². The standard InChI is InChI=1S/C10H11BrN2OS/c1-6-8(11)3-9(15-6)10(14)7-4-12-13(2)5-7/h3-5,10,14H,1-2H3. The highest BCUT2D eigenvalue weighted by Crippen LogP contribution is 2.33. The second kappa shape index (κ2) is 4.08. The van der Waals surface area contributed by atoms with Crippen LogP contribution in [0.4, 0.5) is 0 Å². The van der Waals surface area contributed by atoms with Gasteiger partial charge in [0.1, 0.15) is 6.10 Å². The van der Waals surface area contributed by atoms with Gasteiger partial charge in [-0.3, -0.25) is 4.68 Å². The van der Waals surface area contributed by atoms with Gasteiger partial charge in [-0.15, -0.1) is 11.3 Å². The van der Waals surface area contributed by atoms with Crippen molar-refractivity contribution in [2.24, 2.45) is 7.05 Å². The number of hydrogen-bond donors (Lipinski definition) is 1. The van der Waals surface area contributed by atoms with E-state index in [2.05, 4.69) is 21.0 Å². The monoisotopic (exact) mass is 286 g/mol. The fraction of sp³-hybridized carbons (Fsp3) is 0.300. The minimum atomic E-state index is -0.575. The Morgan fingerprint density at radius 3 is 2.80 bits per heavy atom.